The number of amides is 1. The quantitative estimate of drug-likeness (QED) is 0.862. The summed E-state index contributed by atoms with van der Waals surface area (Å²) >= 11 is 0. The van der Waals surface area contributed by atoms with E-state index in [4.69, 9.17) is 0 Å². The summed E-state index contributed by atoms with van der Waals surface area (Å²) < 4.78 is 0. The minimum atomic E-state index is 0.0999. The van der Waals surface area contributed by atoms with E-state index in [9.17, 15) is 4.79 Å². The summed E-state index contributed by atoms with van der Waals surface area (Å²) in [5.41, 5.74) is 4.04. The lowest BCUT2D eigenvalue weighted by molar-refractivity contribution is -0.133. The summed E-state index contributed by atoms with van der Waals surface area (Å²) in [7, 11) is 1.91. The monoisotopic (exact) mass is 322 g/mol. The van der Waals surface area contributed by atoms with Crippen molar-refractivity contribution in [1.29, 1.82) is 0 Å². The predicted octanol–water partition coefficient (Wildman–Crippen LogP) is 3.31. The van der Waals surface area contributed by atoms with Crippen molar-refractivity contribution in [2.75, 3.05) is 26.7 Å². The molecule has 0 saturated heterocycles. The molecule has 3 rings (SSSR count). The van der Waals surface area contributed by atoms with Gasteiger partial charge in [0, 0.05) is 20.1 Å². The van der Waals surface area contributed by atoms with Crippen LogP contribution in [-0.4, -0.2) is 42.4 Å². The molecule has 0 fully saturated rings. The maximum absolute atomic E-state index is 12.7. The van der Waals surface area contributed by atoms with Crippen molar-refractivity contribution in [3.8, 4) is 0 Å². The first-order valence-corrected chi connectivity index (χ1v) is 8.75. The van der Waals surface area contributed by atoms with E-state index >= 15 is 0 Å². The van der Waals surface area contributed by atoms with E-state index in [-0.39, 0.29) is 11.9 Å². The van der Waals surface area contributed by atoms with Crippen molar-refractivity contribution in [1.82, 2.24) is 9.80 Å². The van der Waals surface area contributed by atoms with Crippen LogP contribution in [0.5, 0.6) is 0 Å². The third-order valence-electron chi connectivity index (χ3n) is 5.13. The van der Waals surface area contributed by atoms with Crippen LogP contribution in [0.3, 0.4) is 0 Å². The number of hydrogen-bond donors (Lipinski definition) is 0. The summed E-state index contributed by atoms with van der Waals surface area (Å²) in [5.74, 6) is 0.192. The van der Waals surface area contributed by atoms with Crippen LogP contribution in [0.1, 0.15) is 29.7 Å². The Morgan fingerprint density at radius 1 is 1.00 bits per heavy atom. The van der Waals surface area contributed by atoms with Gasteiger partial charge in [-0.05, 0) is 36.5 Å². The second-order valence-corrected chi connectivity index (χ2v) is 6.64. The molecule has 1 atom stereocenters. The van der Waals surface area contributed by atoms with Crippen molar-refractivity contribution in [2.45, 2.75) is 25.8 Å². The summed E-state index contributed by atoms with van der Waals surface area (Å²) in [5, 5.41) is 0. The first kappa shape index (κ1) is 16.7. The van der Waals surface area contributed by atoms with Crippen LogP contribution in [0.15, 0.2) is 54.6 Å². The maximum Gasteiger partial charge on any atom is 0.236 e. The smallest absolute Gasteiger partial charge is 0.236 e. The summed E-state index contributed by atoms with van der Waals surface area (Å²) in [4.78, 5) is 16.9. The third-order valence-corrected chi connectivity index (χ3v) is 5.13. The Bertz CT molecular complexity index is 656. The molecule has 0 spiro atoms. The molecule has 0 bridgehead atoms. The van der Waals surface area contributed by atoms with Gasteiger partial charge in [0.1, 0.15) is 0 Å². The molecule has 126 valence electrons. The highest BCUT2D eigenvalue weighted by atomic mass is 16.2. The minimum Gasteiger partial charge on any atom is -0.338 e. The number of fused-ring (bicyclic) bond motifs is 1. The SMILES string of the molecule is CC(c1ccccc1)N(C)C(=O)CN1CCc2ccccc2CC1. The maximum atomic E-state index is 12.7. The molecule has 0 saturated carbocycles. The number of likely N-dealkylation sites (N-methyl/N-ethyl adjacent to an activating group) is 1. The van der Waals surface area contributed by atoms with Crippen molar-refractivity contribution in [2.24, 2.45) is 0 Å². The lowest BCUT2D eigenvalue weighted by Gasteiger charge is -2.28. The standard InChI is InChI=1S/C21H26N2O/c1-17(18-8-4-3-5-9-18)22(2)21(24)16-23-14-12-19-10-6-7-11-20(19)13-15-23/h3-11,17H,12-16H2,1-2H3. The van der Waals surface area contributed by atoms with Crippen LogP contribution in [0, 0.1) is 0 Å². The van der Waals surface area contributed by atoms with Crippen molar-refractivity contribution >= 4 is 5.91 Å². The Morgan fingerprint density at radius 3 is 2.12 bits per heavy atom. The molecule has 1 unspecified atom stereocenters. The average molecular weight is 322 g/mol. The lowest BCUT2D eigenvalue weighted by atomic mass is 10.0. The molecular weight excluding hydrogens is 296 g/mol. The molecule has 1 amide bonds. The highest BCUT2D eigenvalue weighted by molar-refractivity contribution is 5.78. The Hall–Kier alpha value is -2.13. The van der Waals surface area contributed by atoms with Crippen molar-refractivity contribution in [3.63, 3.8) is 0 Å². The summed E-state index contributed by atoms with van der Waals surface area (Å²) in [6.45, 7) is 4.50. The zero-order chi connectivity index (χ0) is 16.9. The number of benzene rings is 2. The number of hydrogen-bond acceptors (Lipinski definition) is 2. The molecule has 2 aromatic rings. The molecule has 0 N–H and O–H groups in total. The van der Waals surface area contributed by atoms with E-state index in [1.165, 1.54) is 16.7 Å². The highest BCUT2D eigenvalue weighted by Gasteiger charge is 2.21. The summed E-state index contributed by atoms with van der Waals surface area (Å²) in [6.07, 6.45) is 2.06. The van der Waals surface area contributed by atoms with Gasteiger partial charge in [-0.25, -0.2) is 0 Å². The van der Waals surface area contributed by atoms with Gasteiger partial charge in [-0.2, -0.15) is 0 Å². The summed E-state index contributed by atoms with van der Waals surface area (Å²) in [6, 6.07) is 19.0. The van der Waals surface area contributed by atoms with E-state index in [1.54, 1.807) is 0 Å². The first-order chi connectivity index (χ1) is 11.6. The average Bonchev–Trinajstić information content (AvgIpc) is 2.84. The zero-order valence-corrected chi connectivity index (χ0v) is 14.6. The van der Waals surface area contributed by atoms with Gasteiger partial charge in [0.15, 0.2) is 0 Å². The largest absolute Gasteiger partial charge is 0.338 e. The van der Waals surface area contributed by atoms with Gasteiger partial charge >= 0.3 is 0 Å². The molecular formula is C21H26N2O. The Kier molecular flexibility index (Phi) is 5.31. The van der Waals surface area contributed by atoms with E-state index in [2.05, 4.69) is 48.2 Å². The Labute approximate surface area is 144 Å². The third kappa shape index (κ3) is 3.85. The van der Waals surface area contributed by atoms with Gasteiger partial charge in [0.05, 0.1) is 12.6 Å². The van der Waals surface area contributed by atoms with Gasteiger partial charge in [0.2, 0.25) is 5.91 Å². The molecule has 0 radical (unpaired) electrons. The molecule has 0 aliphatic carbocycles. The van der Waals surface area contributed by atoms with Crippen LogP contribution in [0.4, 0.5) is 0 Å². The van der Waals surface area contributed by atoms with E-state index in [0.29, 0.717) is 6.54 Å². The van der Waals surface area contributed by atoms with E-state index < -0.39 is 0 Å². The first-order valence-electron chi connectivity index (χ1n) is 8.75. The molecule has 2 aromatic carbocycles. The second kappa shape index (κ2) is 7.63. The van der Waals surface area contributed by atoms with Crippen molar-refractivity contribution in [3.05, 3.63) is 71.3 Å². The van der Waals surface area contributed by atoms with Gasteiger partial charge in [0.25, 0.3) is 0 Å². The molecule has 1 aliphatic heterocycles. The Balaban J connectivity index is 1.59. The van der Waals surface area contributed by atoms with E-state index in [0.717, 1.165) is 25.9 Å². The zero-order valence-electron chi connectivity index (χ0n) is 14.6. The minimum absolute atomic E-state index is 0.0999. The second-order valence-electron chi connectivity index (χ2n) is 6.64. The molecule has 1 heterocycles. The number of carbonyl (C=O) groups is 1. The fourth-order valence-electron chi connectivity index (χ4n) is 3.35. The Morgan fingerprint density at radius 2 is 1.54 bits per heavy atom. The molecule has 3 heteroatoms. The number of carbonyl (C=O) groups excluding carboxylic acids is 1. The van der Waals surface area contributed by atoms with Gasteiger partial charge < -0.3 is 4.90 Å². The predicted molar refractivity (Wildman–Crippen MR) is 97.9 cm³/mol. The van der Waals surface area contributed by atoms with E-state index in [1.807, 2.05) is 30.1 Å². The molecule has 1 aliphatic rings. The van der Waals surface area contributed by atoms with Crippen LogP contribution in [-0.2, 0) is 17.6 Å². The van der Waals surface area contributed by atoms with Crippen LogP contribution in [0.25, 0.3) is 0 Å². The van der Waals surface area contributed by atoms with Crippen LogP contribution < -0.4 is 0 Å². The van der Waals surface area contributed by atoms with Crippen molar-refractivity contribution < 1.29 is 4.79 Å². The lowest BCUT2D eigenvalue weighted by Crippen LogP contribution is -2.40. The van der Waals surface area contributed by atoms with Gasteiger partial charge in [-0.3, -0.25) is 9.69 Å². The van der Waals surface area contributed by atoms with Crippen LogP contribution in [0.2, 0.25) is 0 Å². The number of nitrogens with zero attached hydrogens (tertiary/aromatic N) is 2. The van der Waals surface area contributed by atoms with Crippen LogP contribution >= 0.6 is 0 Å². The van der Waals surface area contributed by atoms with Gasteiger partial charge in [-0.1, -0.05) is 54.6 Å². The normalized spacial score (nSPS) is 16.1. The molecule has 3 nitrogen and oxygen atoms in total. The topological polar surface area (TPSA) is 23.6 Å². The van der Waals surface area contributed by atoms with Gasteiger partial charge in [-0.15, -0.1) is 0 Å². The molecule has 24 heavy (non-hydrogen) atoms. The molecule has 0 aromatic heterocycles. The number of rotatable bonds is 4. The fourth-order valence-corrected chi connectivity index (χ4v) is 3.35. The highest BCUT2D eigenvalue weighted by Crippen LogP contribution is 2.19. The fraction of sp³-hybridized carbons (Fsp3) is 0.381.